The zero-order chi connectivity index (χ0) is 17.9. The molecule has 0 aliphatic heterocycles. The Morgan fingerprint density at radius 3 is 2.81 bits per heavy atom. The van der Waals surface area contributed by atoms with Gasteiger partial charge < -0.3 is 10.2 Å². The first-order chi connectivity index (χ1) is 12.8. The molecule has 0 bridgehead atoms. The van der Waals surface area contributed by atoms with E-state index in [4.69, 9.17) is 4.98 Å². The highest BCUT2D eigenvalue weighted by Crippen LogP contribution is 2.21. The Labute approximate surface area is 153 Å². The van der Waals surface area contributed by atoms with Crippen LogP contribution in [-0.2, 0) is 0 Å². The van der Waals surface area contributed by atoms with Crippen LogP contribution in [0.1, 0.15) is 12.5 Å². The third-order valence-corrected chi connectivity index (χ3v) is 4.68. The fourth-order valence-corrected chi connectivity index (χ4v) is 3.34. The first kappa shape index (κ1) is 16.4. The predicted molar refractivity (Wildman–Crippen MR) is 108 cm³/mol. The molecule has 0 saturated carbocycles. The van der Waals surface area contributed by atoms with Gasteiger partial charge in [0.05, 0.1) is 23.6 Å². The van der Waals surface area contributed by atoms with Crippen molar-refractivity contribution in [2.45, 2.75) is 13.8 Å². The number of fused-ring (bicyclic) bond motifs is 3. The van der Waals surface area contributed by atoms with Crippen molar-refractivity contribution in [2.24, 2.45) is 0 Å². The SMILES string of the molecule is CCN(CCNc1nc2ccccc2n2cncc12)c1cccc(C)c1. The van der Waals surface area contributed by atoms with Crippen molar-refractivity contribution in [3.63, 3.8) is 0 Å². The zero-order valence-electron chi connectivity index (χ0n) is 15.2. The normalized spacial score (nSPS) is 11.2. The summed E-state index contributed by atoms with van der Waals surface area (Å²) in [6.45, 7) is 7.01. The van der Waals surface area contributed by atoms with Gasteiger partial charge in [0.15, 0.2) is 5.82 Å². The Morgan fingerprint density at radius 1 is 1.08 bits per heavy atom. The van der Waals surface area contributed by atoms with Gasteiger partial charge in [0.1, 0.15) is 5.52 Å². The Morgan fingerprint density at radius 2 is 1.96 bits per heavy atom. The Bertz CT molecular complexity index is 1040. The molecule has 4 aromatic rings. The number of aryl methyl sites for hydroxylation is 1. The van der Waals surface area contributed by atoms with Crippen LogP contribution in [0.5, 0.6) is 0 Å². The number of anilines is 2. The Hall–Kier alpha value is -3.08. The Kier molecular flexibility index (Phi) is 4.44. The number of rotatable bonds is 6. The minimum Gasteiger partial charge on any atom is -0.370 e. The summed E-state index contributed by atoms with van der Waals surface area (Å²) in [6, 6.07) is 16.8. The molecule has 5 heteroatoms. The first-order valence-electron chi connectivity index (χ1n) is 9.02. The van der Waals surface area contributed by atoms with Crippen LogP contribution in [0.15, 0.2) is 61.1 Å². The standard InChI is InChI=1S/C21H23N5/c1-3-25(17-8-6-7-16(2)13-17)12-11-23-21-20-14-22-15-26(20)19-10-5-4-9-18(19)24-21/h4-10,13-15H,3,11-12H2,1-2H3,(H,23,24). The Balaban J connectivity index is 1.54. The number of benzene rings is 2. The van der Waals surface area contributed by atoms with E-state index in [1.165, 1.54) is 11.3 Å². The van der Waals surface area contributed by atoms with Crippen LogP contribution in [0.3, 0.4) is 0 Å². The number of hydrogen-bond acceptors (Lipinski definition) is 4. The van der Waals surface area contributed by atoms with Crippen molar-refractivity contribution in [3.05, 3.63) is 66.6 Å². The highest BCUT2D eigenvalue weighted by Gasteiger charge is 2.09. The molecule has 0 radical (unpaired) electrons. The van der Waals surface area contributed by atoms with Gasteiger partial charge in [0, 0.05) is 25.3 Å². The number of hydrogen-bond donors (Lipinski definition) is 1. The van der Waals surface area contributed by atoms with Gasteiger partial charge in [0.2, 0.25) is 0 Å². The number of nitrogens with zero attached hydrogens (tertiary/aromatic N) is 4. The molecule has 0 aliphatic carbocycles. The number of likely N-dealkylation sites (N-methyl/N-ethyl adjacent to an activating group) is 1. The van der Waals surface area contributed by atoms with Crippen LogP contribution in [-0.4, -0.2) is 34.0 Å². The van der Waals surface area contributed by atoms with Gasteiger partial charge in [-0.3, -0.25) is 4.40 Å². The highest BCUT2D eigenvalue weighted by molar-refractivity contribution is 5.84. The summed E-state index contributed by atoms with van der Waals surface area (Å²) in [6.07, 6.45) is 3.70. The summed E-state index contributed by atoms with van der Waals surface area (Å²) in [4.78, 5) is 11.5. The summed E-state index contributed by atoms with van der Waals surface area (Å²) in [5, 5.41) is 3.50. The molecule has 132 valence electrons. The molecule has 2 aromatic carbocycles. The van der Waals surface area contributed by atoms with Gasteiger partial charge in [-0.1, -0.05) is 24.3 Å². The summed E-state index contributed by atoms with van der Waals surface area (Å²) >= 11 is 0. The van der Waals surface area contributed by atoms with Gasteiger partial charge >= 0.3 is 0 Å². The van der Waals surface area contributed by atoms with E-state index < -0.39 is 0 Å². The summed E-state index contributed by atoms with van der Waals surface area (Å²) in [7, 11) is 0. The average Bonchev–Trinajstić information content (AvgIpc) is 3.15. The molecule has 0 saturated heterocycles. The molecular formula is C21H23N5. The summed E-state index contributed by atoms with van der Waals surface area (Å²) in [5.74, 6) is 0.876. The van der Waals surface area contributed by atoms with Crippen LogP contribution >= 0.6 is 0 Å². The van der Waals surface area contributed by atoms with Crippen LogP contribution in [0.25, 0.3) is 16.6 Å². The van der Waals surface area contributed by atoms with Gasteiger partial charge in [-0.05, 0) is 43.7 Å². The van der Waals surface area contributed by atoms with Crippen molar-refractivity contribution in [1.82, 2.24) is 14.4 Å². The van der Waals surface area contributed by atoms with E-state index in [0.717, 1.165) is 42.0 Å². The number of imidazole rings is 1. The molecule has 2 heterocycles. The molecule has 26 heavy (non-hydrogen) atoms. The van der Waals surface area contributed by atoms with Crippen LogP contribution < -0.4 is 10.2 Å². The van der Waals surface area contributed by atoms with E-state index in [1.54, 1.807) is 0 Å². The van der Waals surface area contributed by atoms with E-state index in [2.05, 4.69) is 63.8 Å². The number of para-hydroxylation sites is 2. The third-order valence-electron chi connectivity index (χ3n) is 4.68. The number of aromatic nitrogens is 3. The molecule has 0 unspecified atom stereocenters. The van der Waals surface area contributed by atoms with Gasteiger partial charge in [-0.25, -0.2) is 9.97 Å². The lowest BCUT2D eigenvalue weighted by Gasteiger charge is -2.24. The van der Waals surface area contributed by atoms with Gasteiger partial charge in [-0.15, -0.1) is 0 Å². The molecule has 0 spiro atoms. The summed E-state index contributed by atoms with van der Waals surface area (Å²) < 4.78 is 2.09. The lowest BCUT2D eigenvalue weighted by molar-refractivity contribution is 0.833. The van der Waals surface area contributed by atoms with E-state index in [0.29, 0.717) is 0 Å². The van der Waals surface area contributed by atoms with Gasteiger partial charge in [-0.2, -0.15) is 0 Å². The topological polar surface area (TPSA) is 45.5 Å². The first-order valence-corrected chi connectivity index (χ1v) is 9.02. The zero-order valence-corrected chi connectivity index (χ0v) is 15.2. The molecule has 0 aliphatic rings. The maximum absolute atomic E-state index is 4.79. The molecular weight excluding hydrogens is 322 g/mol. The van der Waals surface area contributed by atoms with E-state index in [9.17, 15) is 0 Å². The third kappa shape index (κ3) is 3.08. The molecule has 0 amide bonds. The molecule has 1 N–H and O–H groups in total. The predicted octanol–water partition coefficient (Wildman–Crippen LogP) is 4.13. The van der Waals surface area contributed by atoms with Crippen molar-refractivity contribution >= 4 is 28.1 Å². The van der Waals surface area contributed by atoms with Crippen molar-refractivity contribution in [3.8, 4) is 0 Å². The molecule has 0 atom stereocenters. The largest absolute Gasteiger partial charge is 0.370 e. The van der Waals surface area contributed by atoms with Crippen molar-refractivity contribution in [1.29, 1.82) is 0 Å². The fraction of sp³-hybridized carbons (Fsp3) is 0.238. The molecule has 5 nitrogen and oxygen atoms in total. The van der Waals surface area contributed by atoms with Crippen LogP contribution in [0.4, 0.5) is 11.5 Å². The minimum absolute atomic E-state index is 0.813. The van der Waals surface area contributed by atoms with E-state index >= 15 is 0 Å². The minimum atomic E-state index is 0.813. The lowest BCUT2D eigenvalue weighted by Crippen LogP contribution is -2.29. The molecule has 2 aromatic heterocycles. The van der Waals surface area contributed by atoms with E-state index in [1.807, 2.05) is 30.7 Å². The quantitative estimate of drug-likeness (QED) is 0.571. The number of nitrogens with one attached hydrogen (secondary N) is 1. The van der Waals surface area contributed by atoms with Crippen LogP contribution in [0, 0.1) is 6.92 Å². The summed E-state index contributed by atoms with van der Waals surface area (Å²) in [5.41, 5.74) is 5.58. The molecule has 4 rings (SSSR count). The smallest absolute Gasteiger partial charge is 0.152 e. The maximum Gasteiger partial charge on any atom is 0.152 e. The highest BCUT2D eigenvalue weighted by atomic mass is 15.2. The monoisotopic (exact) mass is 345 g/mol. The van der Waals surface area contributed by atoms with Crippen LogP contribution in [0.2, 0.25) is 0 Å². The second-order valence-corrected chi connectivity index (χ2v) is 6.44. The lowest BCUT2D eigenvalue weighted by atomic mass is 10.2. The van der Waals surface area contributed by atoms with Crippen molar-refractivity contribution < 1.29 is 0 Å². The van der Waals surface area contributed by atoms with Crippen molar-refractivity contribution in [2.75, 3.05) is 29.9 Å². The second-order valence-electron chi connectivity index (χ2n) is 6.44. The average molecular weight is 345 g/mol. The second kappa shape index (κ2) is 7.04. The maximum atomic E-state index is 4.79. The molecule has 0 fully saturated rings. The van der Waals surface area contributed by atoms with Gasteiger partial charge in [0.25, 0.3) is 0 Å². The fourth-order valence-electron chi connectivity index (χ4n) is 3.34. The van der Waals surface area contributed by atoms with E-state index in [-0.39, 0.29) is 0 Å².